The Labute approximate surface area is 151 Å². The molecule has 0 saturated heterocycles. The van der Waals surface area contributed by atoms with Crippen LogP contribution in [0.3, 0.4) is 0 Å². The monoisotopic (exact) mass is 346 g/mol. The van der Waals surface area contributed by atoms with E-state index in [1.807, 2.05) is 24.3 Å². The normalized spacial score (nSPS) is 20.0. The van der Waals surface area contributed by atoms with Gasteiger partial charge in [0.1, 0.15) is 11.5 Å². The molecule has 130 valence electrons. The first-order valence-electron chi connectivity index (χ1n) is 8.61. The van der Waals surface area contributed by atoms with E-state index in [0.29, 0.717) is 11.3 Å². The van der Waals surface area contributed by atoms with E-state index in [4.69, 9.17) is 13.9 Å². The highest BCUT2D eigenvalue weighted by atomic mass is 16.5. The fourth-order valence-corrected chi connectivity index (χ4v) is 4.46. The molecule has 0 N–H and O–H groups in total. The number of ether oxygens (including phenoxy) is 2. The molecule has 3 aromatic rings. The number of carbonyl (C=O) groups excluding carboxylic acids is 1. The van der Waals surface area contributed by atoms with Crippen LogP contribution in [0.25, 0.3) is 16.8 Å². The van der Waals surface area contributed by atoms with E-state index in [9.17, 15) is 4.79 Å². The van der Waals surface area contributed by atoms with E-state index in [0.717, 1.165) is 45.4 Å². The molecule has 4 nitrogen and oxygen atoms in total. The number of furan rings is 1. The molecule has 1 aromatic heterocycles. The molecule has 0 spiro atoms. The van der Waals surface area contributed by atoms with Gasteiger partial charge in [-0.1, -0.05) is 19.1 Å². The zero-order valence-corrected chi connectivity index (χ0v) is 14.9. The summed E-state index contributed by atoms with van der Waals surface area (Å²) in [7, 11) is 3.29. The van der Waals surface area contributed by atoms with Crippen LogP contribution in [0.15, 0.2) is 41.0 Å². The van der Waals surface area contributed by atoms with Gasteiger partial charge in [-0.2, -0.15) is 0 Å². The van der Waals surface area contributed by atoms with Gasteiger partial charge in [0, 0.05) is 32.9 Å². The van der Waals surface area contributed by atoms with Crippen LogP contribution in [0.4, 0.5) is 0 Å². The number of rotatable bonds is 2. The van der Waals surface area contributed by atoms with Gasteiger partial charge >= 0.3 is 0 Å². The average Bonchev–Trinajstić information content (AvgIpc) is 3.10. The van der Waals surface area contributed by atoms with Crippen molar-refractivity contribution in [3.63, 3.8) is 0 Å². The summed E-state index contributed by atoms with van der Waals surface area (Å²) in [5.74, 6) is 1.88. The number of hydrogen-bond donors (Lipinski definition) is 0. The van der Waals surface area contributed by atoms with Crippen LogP contribution in [-0.4, -0.2) is 20.0 Å². The predicted octanol–water partition coefficient (Wildman–Crippen LogP) is 4.72. The smallest absolute Gasteiger partial charge is 0.228 e. The number of benzene rings is 2. The SMILES string of the molecule is COc1ccc(OC)c2cc3c(cc12)C(=O)c1occ2c1C3(C)CC=C2. The Morgan fingerprint density at radius 2 is 1.77 bits per heavy atom. The Morgan fingerprint density at radius 1 is 1.08 bits per heavy atom. The van der Waals surface area contributed by atoms with Crippen molar-refractivity contribution >= 4 is 22.6 Å². The molecular weight excluding hydrogens is 328 g/mol. The molecule has 26 heavy (non-hydrogen) atoms. The largest absolute Gasteiger partial charge is 0.496 e. The molecule has 0 saturated carbocycles. The van der Waals surface area contributed by atoms with Gasteiger partial charge in [-0.3, -0.25) is 4.79 Å². The number of fused-ring (bicyclic) bond motifs is 3. The molecule has 1 atom stereocenters. The van der Waals surface area contributed by atoms with Gasteiger partial charge in [0.15, 0.2) is 5.76 Å². The second-order valence-electron chi connectivity index (χ2n) is 7.08. The second kappa shape index (κ2) is 5.01. The third-order valence-electron chi connectivity index (χ3n) is 5.75. The molecule has 4 heteroatoms. The van der Waals surface area contributed by atoms with E-state index in [2.05, 4.69) is 19.1 Å². The molecule has 1 unspecified atom stereocenters. The zero-order chi connectivity index (χ0) is 18.1. The summed E-state index contributed by atoms with van der Waals surface area (Å²) in [5.41, 5.74) is 3.39. The first kappa shape index (κ1) is 15.3. The molecule has 0 fully saturated rings. The number of methoxy groups -OCH3 is 2. The number of allylic oxidation sites excluding steroid dienone is 1. The fraction of sp³-hybridized carbons (Fsp3) is 0.227. The molecule has 5 rings (SSSR count). The summed E-state index contributed by atoms with van der Waals surface area (Å²) in [5, 5.41) is 1.81. The lowest BCUT2D eigenvalue weighted by Crippen LogP contribution is -2.33. The van der Waals surface area contributed by atoms with Crippen molar-refractivity contribution in [1.29, 1.82) is 0 Å². The molecule has 0 aliphatic heterocycles. The van der Waals surface area contributed by atoms with Crippen LogP contribution in [0.5, 0.6) is 11.5 Å². The summed E-state index contributed by atoms with van der Waals surface area (Å²) in [6.07, 6.45) is 6.69. The van der Waals surface area contributed by atoms with Crippen molar-refractivity contribution in [3.05, 3.63) is 64.6 Å². The van der Waals surface area contributed by atoms with Crippen LogP contribution in [0.1, 0.15) is 46.2 Å². The molecular formula is C22H18O4. The average molecular weight is 346 g/mol. The molecule has 2 aromatic carbocycles. The predicted molar refractivity (Wildman–Crippen MR) is 99.3 cm³/mol. The van der Waals surface area contributed by atoms with E-state index in [1.165, 1.54) is 0 Å². The maximum absolute atomic E-state index is 13.2. The van der Waals surface area contributed by atoms with Gasteiger partial charge in [0.2, 0.25) is 5.78 Å². The second-order valence-corrected chi connectivity index (χ2v) is 7.08. The highest BCUT2D eigenvalue weighted by Crippen LogP contribution is 2.50. The van der Waals surface area contributed by atoms with Gasteiger partial charge in [0.05, 0.1) is 20.5 Å². The molecule has 0 radical (unpaired) electrons. The molecule has 2 aliphatic carbocycles. The van der Waals surface area contributed by atoms with Gasteiger partial charge < -0.3 is 13.9 Å². The van der Waals surface area contributed by atoms with Crippen LogP contribution < -0.4 is 9.47 Å². The highest BCUT2D eigenvalue weighted by molar-refractivity contribution is 6.14. The highest BCUT2D eigenvalue weighted by Gasteiger charge is 2.45. The van der Waals surface area contributed by atoms with Crippen molar-refractivity contribution < 1.29 is 18.7 Å². The first-order valence-corrected chi connectivity index (χ1v) is 8.61. The third-order valence-corrected chi connectivity index (χ3v) is 5.75. The topological polar surface area (TPSA) is 48.7 Å². The minimum absolute atomic E-state index is 0.0687. The Hall–Kier alpha value is -3.01. The van der Waals surface area contributed by atoms with Gasteiger partial charge in [-0.05, 0) is 36.2 Å². The van der Waals surface area contributed by atoms with Gasteiger partial charge in [-0.15, -0.1) is 0 Å². The van der Waals surface area contributed by atoms with Crippen LogP contribution in [0.2, 0.25) is 0 Å². The summed E-state index contributed by atoms with van der Waals surface area (Å²) in [6, 6.07) is 7.77. The van der Waals surface area contributed by atoms with Crippen molar-refractivity contribution in [2.24, 2.45) is 0 Å². The quantitative estimate of drug-likeness (QED) is 0.674. The van der Waals surface area contributed by atoms with Crippen LogP contribution in [0, 0.1) is 0 Å². The number of ketones is 1. The maximum Gasteiger partial charge on any atom is 0.228 e. The summed E-state index contributed by atoms with van der Waals surface area (Å²) < 4.78 is 16.8. The zero-order valence-electron chi connectivity index (χ0n) is 14.9. The Morgan fingerprint density at radius 3 is 2.46 bits per heavy atom. The summed E-state index contributed by atoms with van der Waals surface area (Å²) in [6.45, 7) is 2.18. The van der Waals surface area contributed by atoms with Crippen LogP contribution in [-0.2, 0) is 5.41 Å². The lowest BCUT2D eigenvalue weighted by Gasteiger charge is -2.37. The van der Waals surface area contributed by atoms with E-state index >= 15 is 0 Å². The molecule has 0 bridgehead atoms. The number of hydrogen-bond acceptors (Lipinski definition) is 4. The molecule has 2 aliphatic rings. The van der Waals surface area contributed by atoms with E-state index in [-0.39, 0.29) is 11.2 Å². The standard InChI is InChI=1S/C22H18O4/c1-22-8-4-5-12-11-26-21(19(12)22)20(23)15-9-13-14(10-16(15)22)18(25-3)7-6-17(13)24-2/h4-7,9-11H,8H2,1-3H3. The van der Waals surface area contributed by atoms with Crippen molar-refractivity contribution in [1.82, 2.24) is 0 Å². The first-order chi connectivity index (χ1) is 12.6. The van der Waals surface area contributed by atoms with Gasteiger partial charge in [0.25, 0.3) is 0 Å². The fourth-order valence-electron chi connectivity index (χ4n) is 4.46. The molecule has 0 amide bonds. The van der Waals surface area contributed by atoms with E-state index in [1.54, 1.807) is 20.5 Å². The minimum Gasteiger partial charge on any atom is -0.496 e. The van der Waals surface area contributed by atoms with Crippen molar-refractivity contribution in [2.45, 2.75) is 18.8 Å². The van der Waals surface area contributed by atoms with Gasteiger partial charge in [-0.25, -0.2) is 0 Å². The lowest BCUT2D eigenvalue weighted by molar-refractivity contribution is 0.0999. The molecule has 1 heterocycles. The van der Waals surface area contributed by atoms with Crippen molar-refractivity contribution in [3.8, 4) is 11.5 Å². The summed E-state index contributed by atoms with van der Waals surface area (Å²) >= 11 is 0. The Kier molecular flexibility index (Phi) is 2.94. The number of carbonyl (C=O) groups is 1. The third kappa shape index (κ3) is 1.71. The minimum atomic E-state index is -0.294. The summed E-state index contributed by atoms with van der Waals surface area (Å²) in [4.78, 5) is 13.2. The van der Waals surface area contributed by atoms with Crippen LogP contribution >= 0.6 is 0 Å². The van der Waals surface area contributed by atoms with Crippen molar-refractivity contribution in [2.75, 3.05) is 14.2 Å². The lowest BCUT2D eigenvalue weighted by atomic mass is 9.64. The maximum atomic E-state index is 13.2. The Bertz CT molecular complexity index is 1120. The Balaban J connectivity index is 1.90. The van der Waals surface area contributed by atoms with E-state index < -0.39 is 0 Å².